The van der Waals surface area contributed by atoms with Crippen molar-refractivity contribution in [3.63, 3.8) is 0 Å². The molecule has 6 aromatic rings. The molecule has 0 fully saturated rings. The van der Waals surface area contributed by atoms with Crippen LogP contribution in [0.1, 0.15) is 145 Å². The number of aromatic carboxylic acids is 2. The maximum Gasteiger partial charge on any atom is 0.336 e. The number of anilines is 2. The molecule has 2 unspecified atom stereocenters. The normalized spacial score (nSPS) is 12.4. The van der Waals surface area contributed by atoms with E-state index >= 15 is 0 Å². The molecule has 592 valence electrons. The summed E-state index contributed by atoms with van der Waals surface area (Å²) in [4.78, 5) is 135. The summed E-state index contributed by atoms with van der Waals surface area (Å²) in [7, 11) is 0. The van der Waals surface area contributed by atoms with Crippen LogP contribution in [-0.4, -0.2) is 125 Å². The van der Waals surface area contributed by atoms with E-state index in [9.17, 15) is 73.2 Å². The molecule has 113 heavy (non-hydrogen) atoms. The Morgan fingerprint density at radius 2 is 0.823 bits per heavy atom. The first-order valence-corrected chi connectivity index (χ1v) is 38.3. The van der Waals surface area contributed by atoms with Gasteiger partial charge < -0.3 is 50.5 Å². The van der Waals surface area contributed by atoms with Gasteiger partial charge >= 0.3 is 11.9 Å². The summed E-state index contributed by atoms with van der Waals surface area (Å²) in [5.74, 6) is 1.42. The van der Waals surface area contributed by atoms with Crippen molar-refractivity contribution >= 4 is 115 Å². The van der Waals surface area contributed by atoms with Crippen LogP contribution in [0.25, 0.3) is 66.8 Å². The molecular weight excluding hydrogens is 1480 g/mol. The van der Waals surface area contributed by atoms with Gasteiger partial charge in [0.15, 0.2) is 28.2 Å². The number of hydrogen-bond donors (Lipinski definition) is 11. The van der Waals surface area contributed by atoms with Gasteiger partial charge in [-0.05, 0) is 169 Å². The quantitative estimate of drug-likeness (QED) is 0.00632. The number of nitrogens with two attached hydrogens (primary N) is 1. The Morgan fingerprint density at radius 3 is 1.19 bits per heavy atom. The molecule has 12 N–H and O–H groups in total. The number of hydrazone groups is 1. The topological polar surface area (TPSA) is 406 Å². The Kier molecular flexibility index (Phi) is 28.6. The van der Waals surface area contributed by atoms with Crippen molar-refractivity contribution in [2.24, 2.45) is 21.8 Å². The second-order valence-electron chi connectivity index (χ2n) is 31.1. The van der Waals surface area contributed by atoms with Gasteiger partial charge in [0, 0.05) is 96.1 Å². The zero-order valence-electron chi connectivity index (χ0n) is 65.3. The SMILES string of the molecule is CC(=NNC(=O)CSCC(=O)Nc1ccc(-c2c3ccc(=O)cc-3oc3cc(O)ccc23)c(C(=O)O)c1)c1ccc(CC(NC(C)(C)C)C(=O)C(C)(C)C)cc1.CC(=O)c1ccc(CC(NC(C)(C)C)C(=O)C(C)(C)C)cc1.NNC(=O)CSCC(=O)Nc1ccc(-c2c3ccc(=O)cc-3oc3cc(O)ccc23)c(C(=O)O)c1. The first-order valence-electron chi connectivity index (χ1n) is 36.0. The standard InChI is InChI=1S/C43H46N4O8S.C24H19N3O7S.C19H29NO2/c1-24(26-10-8-25(9-11-26)18-34(45-43(5,6)7)40(52)42(2,3)4)46-47-38(51)23-56-22-37(50)44-27-12-15-30(33(19-27)41(53)54)39-31-16-13-28(48)20-35(31)55-36-21-29(49)14-17-32(36)39;25-27-22(31)11-35-10-21(30)26-12-1-4-15(18(7-12)24(32)33)23-16-5-2-13(28)8-19(16)34-20-9-14(29)3-6-17(20)23;1-13(21)15-10-8-14(9-11-15)12-16(20-19(5,6)7)17(22)18(2,3)4/h8-17,19-21,34,45,48H,18,22-23H2,1-7H3,(H,44,50)(H,47,51)(H,53,54);1-9,28H,10-11,25H2,(H,26,30)(H,27,31)(H,32,33);8-11,16,20H,12H2,1-7H3. The Labute approximate surface area is 662 Å². The van der Waals surface area contributed by atoms with Gasteiger partial charge in [-0.2, -0.15) is 5.10 Å². The number of aromatic hydroxyl groups is 2. The number of benzene rings is 8. The number of amides is 4. The van der Waals surface area contributed by atoms with Crippen LogP contribution in [0.2, 0.25) is 0 Å². The summed E-state index contributed by atoms with van der Waals surface area (Å²) in [6.45, 7) is 27.2. The van der Waals surface area contributed by atoms with E-state index in [-0.39, 0.29) is 136 Å². The Hall–Kier alpha value is -11.6. The van der Waals surface area contributed by atoms with Crippen LogP contribution in [0, 0.1) is 10.8 Å². The number of carbonyl (C=O) groups excluding carboxylic acids is 7. The average Bonchev–Trinajstić information content (AvgIpc) is 0.752. The molecular formula is C86H94N8O17S2. The number of carboxylic acid groups (broad SMARTS) is 2. The van der Waals surface area contributed by atoms with E-state index in [4.69, 9.17) is 14.7 Å². The van der Waals surface area contributed by atoms with Gasteiger partial charge in [0.25, 0.3) is 0 Å². The van der Waals surface area contributed by atoms with E-state index in [1.165, 1.54) is 60.7 Å². The van der Waals surface area contributed by atoms with Gasteiger partial charge in [0.1, 0.15) is 34.2 Å². The van der Waals surface area contributed by atoms with Crippen LogP contribution in [0.3, 0.4) is 0 Å². The fourth-order valence-electron chi connectivity index (χ4n) is 12.2. The maximum atomic E-state index is 13.2. The number of hydrogen-bond acceptors (Lipinski definition) is 21. The van der Waals surface area contributed by atoms with Crippen molar-refractivity contribution in [3.05, 3.63) is 212 Å². The van der Waals surface area contributed by atoms with Crippen LogP contribution in [0.4, 0.5) is 11.4 Å². The molecule has 0 bridgehead atoms. The molecule has 6 aromatic carbocycles. The van der Waals surface area contributed by atoms with E-state index in [0.717, 1.165) is 40.2 Å². The molecule has 2 aliphatic heterocycles. The number of ketones is 3. The van der Waals surface area contributed by atoms with Gasteiger partial charge in [-0.25, -0.2) is 20.9 Å². The zero-order chi connectivity index (χ0) is 83.2. The first-order chi connectivity index (χ1) is 52.9. The van der Waals surface area contributed by atoms with Gasteiger partial charge in [-0.3, -0.25) is 48.6 Å². The number of nitrogens with zero attached hydrogens (tertiary/aromatic N) is 1. The van der Waals surface area contributed by atoms with Crippen molar-refractivity contribution < 1.29 is 72.4 Å². The Morgan fingerprint density at radius 1 is 0.451 bits per heavy atom. The summed E-state index contributed by atoms with van der Waals surface area (Å²) >= 11 is 2.12. The molecule has 0 spiro atoms. The van der Waals surface area contributed by atoms with E-state index in [2.05, 4.69) is 52.6 Å². The molecule has 0 saturated carbocycles. The number of phenolic OH excluding ortho intramolecular Hbond substituents is 2. The summed E-state index contributed by atoms with van der Waals surface area (Å²) in [6, 6.07) is 40.8. The van der Waals surface area contributed by atoms with Crippen molar-refractivity contribution in [1.29, 1.82) is 0 Å². The molecule has 10 rings (SSSR count). The Balaban J connectivity index is 0.000000238. The minimum Gasteiger partial charge on any atom is -0.508 e. The molecule has 0 radical (unpaired) electrons. The molecule has 25 nitrogen and oxygen atoms in total. The zero-order valence-corrected chi connectivity index (χ0v) is 67.0. The third-order valence-corrected chi connectivity index (χ3v) is 19.2. The third-order valence-electron chi connectivity index (χ3n) is 17.3. The van der Waals surface area contributed by atoms with E-state index in [0.29, 0.717) is 68.3 Å². The van der Waals surface area contributed by atoms with Crippen molar-refractivity contribution in [1.82, 2.24) is 21.5 Å². The lowest BCUT2D eigenvalue weighted by atomic mass is 9.83. The summed E-state index contributed by atoms with van der Waals surface area (Å²) < 4.78 is 11.7. The van der Waals surface area contributed by atoms with Crippen molar-refractivity contribution in [2.45, 2.75) is 133 Å². The van der Waals surface area contributed by atoms with E-state index in [1.807, 2.05) is 116 Å². The molecule has 2 aliphatic carbocycles. The van der Waals surface area contributed by atoms with Crippen molar-refractivity contribution in [3.8, 4) is 56.4 Å². The predicted molar refractivity (Wildman–Crippen MR) is 443 cm³/mol. The fraction of sp³-hybridized carbons (Fsp3) is 0.302. The van der Waals surface area contributed by atoms with Gasteiger partial charge in [-0.1, -0.05) is 102 Å². The van der Waals surface area contributed by atoms with Crippen LogP contribution >= 0.6 is 23.5 Å². The predicted octanol–water partition coefficient (Wildman–Crippen LogP) is 13.5. The lowest BCUT2D eigenvalue weighted by Gasteiger charge is -2.32. The molecule has 2 atom stereocenters. The molecule has 2 heterocycles. The minimum atomic E-state index is -1.25. The monoisotopic (exact) mass is 1570 g/mol. The van der Waals surface area contributed by atoms with Gasteiger partial charge in [0.2, 0.25) is 23.6 Å². The highest BCUT2D eigenvalue weighted by molar-refractivity contribution is 8.00. The first kappa shape index (κ1) is 87.0. The molecule has 0 aromatic heterocycles. The largest absolute Gasteiger partial charge is 0.508 e. The average molecular weight is 1580 g/mol. The number of rotatable bonds is 25. The number of nitrogens with one attached hydrogen (secondary N) is 6. The number of carboxylic acids is 2. The van der Waals surface area contributed by atoms with Crippen LogP contribution < -0.4 is 48.8 Å². The van der Waals surface area contributed by atoms with E-state index < -0.39 is 41.0 Å². The smallest absolute Gasteiger partial charge is 0.336 e. The molecule has 4 amide bonds. The number of Topliss-reactive ketones (excluding diaryl/α,β-unsaturated/α-hetero) is 3. The van der Waals surface area contributed by atoms with Gasteiger partial charge in [0.05, 0.1) is 51.9 Å². The van der Waals surface area contributed by atoms with Crippen LogP contribution in [0.15, 0.2) is 181 Å². The summed E-state index contributed by atoms with van der Waals surface area (Å²) in [6.07, 6.45) is 1.17. The maximum absolute atomic E-state index is 13.2. The van der Waals surface area contributed by atoms with E-state index in [1.54, 1.807) is 62.4 Å². The summed E-state index contributed by atoms with van der Waals surface area (Å²) in [5, 5.41) is 57.6. The molecule has 0 saturated heterocycles. The number of fused-ring (bicyclic) bond motifs is 4. The van der Waals surface area contributed by atoms with Crippen molar-refractivity contribution in [2.75, 3.05) is 33.6 Å². The van der Waals surface area contributed by atoms with Crippen LogP contribution in [0.5, 0.6) is 11.5 Å². The highest BCUT2D eigenvalue weighted by atomic mass is 32.2. The number of hydrazine groups is 1. The van der Waals surface area contributed by atoms with Crippen LogP contribution in [-0.2, 0) is 41.6 Å². The number of carbonyl (C=O) groups is 9. The molecule has 4 aliphatic rings. The number of thioether (sulfide) groups is 2. The van der Waals surface area contributed by atoms with Gasteiger partial charge in [-0.15, -0.1) is 23.5 Å². The number of phenols is 2. The second kappa shape index (κ2) is 37.1. The summed E-state index contributed by atoms with van der Waals surface area (Å²) in [5.41, 5.74) is 10.3. The highest BCUT2D eigenvalue weighted by Crippen LogP contribution is 2.45. The third kappa shape index (κ3) is 24.4. The fourth-order valence-corrected chi connectivity index (χ4v) is 13.5. The minimum absolute atomic E-state index is 0.00305. The highest BCUT2D eigenvalue weighted by Gasteiger charge is 2.34. The second-order valence-corrected chi connectivity index (χ2v) is 33.1. The lowest BCUT2D eigenvalue weighted by molar-refractivity contribution is -0.129. The lowest BCUT2D eigenvalue weighted by Crippen LogP contribution is -2.51. The molecule has 27 heteroatoms. The Bertz CT molecular complexity index is 5340.